The minimum Gasteiger partial charge on any atom is -0.462 e. The van der Waals surface area contributed by atoms with Gasteiger partial charge in [0, 0.05) is 19.3 Å². The van der Waals surface area contributed by atoms with E-state index in [1.54, 1.807) is 0 Å². The van der Waals surface area contributed by atoms with E-state index in [1.165, 1.54) is 199 Å². The molecule has 0 heterocycles. The van der Waals surface area contributed by atoms with Crippen LogP contribution in [0.25, 0.3) is 0 Å². The first-order valence-corrected chi connectivity index (χ1v) is 26.9. The van der Waals surface area contributed by atoms with Gasteiger partial charge in [-0.1, -0.05) is 265 Å². The summed E-state index contributed by atoms with van der Waals surface area (Å²) < 4.78 is 16.8. The van der Waals surface area contributed by atoms with Crippen LogP contribution in [-0.2, 0) is 28.6 Å². The second-order valence-corrected chi connectivity index (χ2v) is 19.0. The number of carbonyl (C=O) groups excluding carboxylic acids is 3. The molecule has 0 fully saturated rings. The average molecular weight is 849 g/mol. The Bertz CT molecular complexity index is 903. The molecule has 0 aromatic carbocycles. The molecule has 0 spiro atoms. The number of ether oxygens (including phenoxy) is 3. The first-order chi connectivity index (χ1) is 29.4. The first kappa shape index (κ1) is 58.4. The van der Waals surface area contributed by atoms with Crippen molar-refractivity contribution in [3.05, 3.63) is 0 Å². The van der Waals surface area contributed by atoms with E-state index in [9.17, 15) is 14.4 Å². The molecule has 0 aromatic rings. The van der Waals surface area contributed by atoms with Crippen molar-refractivity contribution in [2.45, 2.75) is 310 Å². The van der Waals surface area contributed by atoms with Crippen LogP contribution in [0.4, 0.5) is 0 Å². The summed E-state index contributed by atoms with van der Waals surface area (Å²) in [6.07, 6.45) is 50.8. The monoisotopic (exact) mass is 849 g/mol. The molecule has 0 aliphatic heterocycles. The van der Waals surface area contributed by atoms with Gasteiger partial charge in [0.1, 0.15) is 13.2 Å². The summed E-state index contributed by atoms with van der Waals surface area (Å²) in [7, 11) is 0. The van der Waals surface area contributed by atoms with Crippen LogP contribution in [0.5, 0.6) is 0 Å². The van der Waals surface area contributed by atoms with E-state index in [1.807, 2.05) is 0 Å². The van der Waals surface area contributed by atoms with Crippen molar-refractivity contribution in [1.29, 1.82) is 0 Å². The van der Waals surface area contributed by atoms with E-state index < -0.39 is 6.10 Å². The van der Waals surface area contributed by atoms with Crippen LogP contribution < -0.4 is 0 Å². The number of unbranched alkanes of at least 4 members (excludes halogenated alkanes) is 36. The largest absolute Gasteiger partial charge is 0.462 e. The maximum Gasteiger partial charge on any atom is 0.306 e. The molecule has 0 aromatic heterocycles. The normalized spacial score (nSPS) is 11.9. The third-order valence-corrected chi connectivity index (χ3v) is 12.3. The van der Waals surface area contributed by atoms with Gasteiger partial charge >= 0.3 is 17.9 Å². The highest BCUT2D eigenvalue weighted by Crippen LogP contribution is 2.17. The summed E-state index contributed by atoms with van der Waals surface area (Å²) in [6.45, 7) is 9.03. The molecule has 0 aliphatic carbocycles. The fourth-order valence-corrected chi connectivity index (χ4v) is 8.22. The Balaban J connectivity index is 4.30. The maximum atomic E-state index is 12.8. The topological polar surface area (TPSA) is 78.9 Å². The molecule has 60 heavy (non-hydrogen) atoms. The quantitative estimate of drug-likeness (QED) is 0.0345. The van der Waals surface area contributed by atoms with Gasteiger partial charge in [0.25, 0.3) is 0 Å². The SMILES string of the molecule is CCCCCCCCCCCCCCCCCC(=O)OC[C@@H](COC(=O)CCCCCCCCCCCCCC(C)C)OC(=O)CCCCCCCCCCCCCCC. The molecule has 0 rings (SSSR count). The van der Waals surface area contributed by atoms with Gasteiger partial charge < -0.3 is 14.2 Å². The summed E-state index contributed by atoms with van der Waals surface area (Å²) in [5, 5.41) is 0. The van der Waals surface area contributed by atoms with Crippen LogP contribution in [-0.4, -0.2) is 37.2 Å². The molecule has 1 atom stereocenters. The van der Waals surface area contributed by atoms with Gasteiger partial charge in [-0.2, -0.15) is 0 Å². The van der Waals surface area contributed by atoms with Crippen molar-refractivity contribution in [3.63, 3.8) is 0 Å². The smallest absolute Gasteiger partial charge is 0.306 e. The standard InChI is InChI=1S/C54H104O6/c1-5-7-9-11-13-15-17-19-20-22-25-29-33-37-41-45-52(55)58-48-51(60-54(57)47-43-39-35-31-26-21-18-16-14-12-10-8-6-2)49-59-53(56)46-42-38-34-30-27-23-24-28-32-36-40-44-50(3)4/h50-51H,5-49H2,1-4H3/t51-/m0/s1. The number of hydrogen-bond donors (Lipinski definition) is 0. The lowest BCUT2D eigenvalue weighted by atomic mass is 10.0. The number of rotatable bonds is 49. The maximum absolute atomic E-state index is 12.8. The Kier molecular flexibility index (Phi) is 47.2. The van der Waals surface area contributed by atoms with Crippen LogP contribution in [0.3, 0.4) is 0 Å². The van der Waals surface area contributed by atoms with Crippen molar-refractivity contribution in [2.75, 3.05) is 13.2 Å². The highest BCUT2D eigenvalue weighted by atomic mass is 16.6. The molecule has 0 aliphatic rings. The fraction of sp³-hybridized carbons (Fsp3) is 0.944. The van der Waals surface area contributed by atoms with Gasteiger partial charge in [0.15, 0.2) is 6.10 Å². The predicted octanol–water partition coefficient (Wildman–Crippen LogP) is 17.5. The first-order valence-electron chi connectivity index (χ1n) is 26.9. The third-order valence-electron chi connectivity index (χ3n) is 12.3. The molecule has 0 radical (unpaired) electrons. The van der Waals surface area contributed by atoms with Gasteiger partial charge in [0.2, 0.25) is 0 Å². The molecule has 0 N–H and O–H groups in total. The average Bonchev–Trinajstić information content (AvgIpc) is 3.23. The Morgan fingerprint density at radius 1 is 0.317 bits per heavy atom. The van der Waals surface area contributed by atoms with E-state index >= 15 is 0 Å². The van der Waals surface area contributed by atoms with Crippen molar-refractivity contribution < 1.29 is 28.6 Å². The van der Waals surface area contributed by atoms with Crippen molar-refractivity contribution in [2.24, 2.45) is 5.92 Å². The second-order valence-electron chi connectivity index (χ2n) is 19.0. The van der Waals surface area contributed by atoms with Gasteiger partial charge in [-0.3, -0.25) is 14.4 Å². The summed E-state index contributed by atoms with van der Waals surface area (Å²) in [5.41, 5.74) is 0. The minimum absolute atomic E-state index is 0.0624. The summed E-state index contributed by atoms with van der Waals surface area (Å²) in [4.78, 5) is 38.0. The molecule has 0 amide bonds. The molecule has 0 unspecified atom stereocenters. The number of carbonyl (C=O) groups is 3. The van der Waals surface area contributed by atoms with E-state index in [0.29, 0.717) is 19.3 Å². The molecule has 0 saturated carbocycles. The van der Waals surface area contributed by atoms with Crippen LogP contribution in [0.1, 0.15) is 304 Å². The van der Waals surface area contributed by atoms with Gasteiger partial charge in [0.05, 0.1) is 0 Å². The van der Waals surface area contributed by atoms with Crippen molar-refractivity contribution in [1.82, 2.24) is 0 Å². The third kappa shape index (κ3) is 47.5. The second kappa shape index (κ2) is 48.4. The Morgan fingerprint density at radius 3 is 0.817 bits per heavy atom. The van der Waals surface area contributed by atoms with Crippen molar-refractivity contribution >= 4 is 17.9 Å². The molecule has 6 heteroatoms. The van der Waals surface area contributed by atoms with Gasteiger partial charge in [-0.15, -0.1) is 0 Å². The van der Waals surface area contributed by atoms with Crippen LogP contribution in [0, 0.1) is 5.92 Å². The lowest BCUT2D eigenvalue weighted by molar-refractivity contribution is -0.167. The number of hydrogen-bond acceptors (Lipinski definition) is 6. The highest BCUT2D eigenvalue weighted by Gasteiger charge is 2.19. The fourth-order valence-electron chi connectivity index (χ4n) is 8.22. The number of esters is 3. The van der Waals surface area contributed by atoms with E-state index in [2.05, 4.69) is 27.7 Å². The minimum atomic E-state index is -0.761. The molecule has 0 bridgehead atoms. The lowest BCUT2D eigenvalue weighted by Crippen LogP contribution is -2.30. The van der Waals surface area contributed by atoms with Crippen LogP contribution in [0.2, 0.25) is 0 Å². The summed E-state index contributed by atoms with van der Waals surface area (Å²) >= 11 is 0. The zero-order valence-electron chi connectivity index (χ0n) is 40.9. The summed E-state index contributed by atoms with van der Waals surface area (Å²) in [5.74, 6) is -0.0141. The van der Waals surface area contributed by atoms with Crippen molar-refractivity contribution in [3.8, 4) is 0 Å². The summed E-state index contributed by atoms with van der Waals surface area (Å²) in [6, 6.07) is 0. The Labute approximate surface area is 374 Å². The van der Waals surface area contributed by atoms with Gasteiger partial charge in [-0.25, -0.2) is 0 Å². The zero-order chi connectivity index (χ0) is 43.8. The molecule has 0 saturated heterocycles. The van der Waals surface area contributed by atoms with E-state index in [0.717, 1.165) is 63.7 Å². The predicted molar refractivity (Wildman–Crippen MR) is 257 cm³/mol. The van der Waals surface area contributed by atoms with E-state index in [-0.39, 0.29) is 31.1 Å². The van der Waals surface area contributed by atoms with E-state index in [4.69, 9.17) is 14.2 Å². The molecular formula is C54H104O6. The lowest BCUT2D eigenvalue weighted by Gasteiger charge is -2.18. The van der Waals surface area contributed by atoms with Crippen LogP contribution in [0.15, 0.2) is 0 Å². The highest BCUT2D eigenvalue weighted by molar-refractivity contribution is 5.71. The molecule has 6 nitrogen and oxygen atoms in total. The van der Waals surface area contributed by atoms with Crippen LogP contribution >= 0.6 is 0 Å². The Morgan fingerprint density at radius 2 is 0.550 bits per heavy atom. The zero-order valence-corrected chi connectivity index (χ0v) is 40.9. The molecular weight excluding hydrogens is 745 g/mol. The molecule has 356 valence electrons. The van der Waals surface area contributed by atoms with Gasteiger partial charge in [-0.05, 0) is 25.2 Å². The Hall–Kier alpha value is -1.59.